The van der Waals surface area contributed by atoms with Crippen LogP contribution in [0.1, 0.15) is 71.1 Å². The molecule has 124 valence electrons. The second-order valence-electron chi connectivity index (χ2n) is 5.58. The minimum atomic E-state index is -0.422. The Morgan fingerprint density at radius 3 is 1.82 bits per heavy atom. The molecule has 2 N–H and O–H groups in total. The third-order valence-electron chi connectivity index (χ3n) is 3.43. The summed E-state index contributed by atoms with van der Waals surface area (Å²) in [5.41, 5.74) is 4.97. The predicted octanol–water partition coefficient (Wildman–Crippen LogP) is 5.62. The summed E-state index contributed by atoms with van der Waals surface area (Å²) in [5.74, 6) is -0.422. The largest absolute Gasteiger partial charge is 0.366 e. The normalized spacial score (nSPS) is 12.4. The molecule has 0 bridgehead atoms. The highest BCUT2D eigenvalue weighted by Gasteiger charge is 1.90. The van der Waals surface area contributed by atoms with Gasteiger partial charge in [0.2, 0.25) is 5.91 Å². The van der Waals surface area contributed by atoms with E-state index in [1.54, 1.807) is 12.2 Å². The Hall–Kier alpha value is -1.57. The Morgan fingerprint density at radius 2 is 1.23 bits per heavy atom. The summed E-state index contributed by atoms with van der Waals surface area (Å²) >= 11 is 0. The van der Waals surface area contributed by atoms with Gasteiger partial charge in [0.05, 0.1) is 0 Å². The van der Waals surface area contributed by atoms with Crippen LogP contribution in [0.25, 0.3) is 0 Å². The van der Waals surface area contributed by atoms with Crippen LogP contribution >= 0.6 is 0 Å². The van der Waals surface area contributed by atoms with Crippen molar-refractivity contribution in [1.82, 2.24) is 0 Å². The summed E-state index contributed by atoms with van der Waals surface area (Å²) < 4.78 is 0. The first-order chi connectivity index (χ1) is 10.8. The molecule has 2 heteroatoms. The second-order valence-corrected chi connectivity index (χ2v) is 5.58. The lowest BCUT2D eigenvalue weighted by atomic mass is 10.1. The van der Waals surface area contributed by atoms with E-state index in [1.165, 1.54) is 63.9 Å². The van der Waals surface area contributed by atoms with Crippen molar-refractivity contribution in [2.75, 3.05) is 0 Å². The first-order valence-electron chi connectivity index (χ1n) is 8.73. The number of primary amides is 1. The van der Waals surface area contributed by atoms with Crippen molar-refractivity contribution in [2.45, 2.75) is 71.1 Å². The number of unbranched alkanes of at least 4 members (excludes halogenated alkanes) is 9. The summed E-state index contributed by atoms with van der Waals surface area (Å²) in [6, 6.07) is 0. The van der Waals surface area contributed by atoms with Gasteiger partial charge in [0, 0.05) is 6.08 Å². The Bertz CT molecular complexity index is 364. The summed E-state index contributed by atoms with van der Waals surface area (Å²) in [4.78, 5) is 10.4. The number of hydrogen-bond donors (Lipinski definition) is 1. The molecule has 0 saturated heterocycles. The molecule has 0 unspecified atom stereocenters. The number of rotatable bonds is 14. The fourth-order valence-corrected chi connectivity index (χ4v) is 2.15. The maximum Gasteiger partial charge on any atom is 0.241 e. The van der Waals surface area contributed by atoms with Crippen LogP contribution in [-0.4, -0.2) is 5.91 Å². The summed E-state index contributed by atoms with van der Waals surface area (Å²) in [6.45, 7) is 2.26. The van der Waals surface area contributed by atoms with Crippen molar-refractivity contribution in [2.24, 2.45) is 5.73 Å². The second kappa shape index (κ2) is 17.5. The monoisotopic (exact) mass is 303 g/mol. The molecule has 1 amide bonds. The molecule has 0 saturated carbocycles. The van der Waals surface area contributed by atoms with E-state index in [4.69, 9.17) is 5.73 Å². The number of carbonyl (C=O) groups is 1. The Morgan fingerprint density at radius 1 is 0.727 bits per heavy atom. The summed E-state index contributed by atoms with van der Waals surface area (Å²) in [6.07, 6.45) is 28.4. The van der Waals surface area contributed by atoms with E-state index in [0.29, 0.717) is 0 Å². The highest BCUT2D eigenvalue weighted by Crippen LogP contribution is 2.10. The summed E-state index contributed by atoms with van der Waals surface area (Å²) in [5, 5.41) is 0. The fourth-order valence-electron chi connectivity index (χ4n) is 2.15. The SMILES string of the molecule is CCCCCCCCCCC\C=C/C=C/C=C/C=C/C(N)=O. The molecule has 0 spiro atoms. The maximum atomic E-state index is 10.4. The lowest BCUT2D eigenvalue weighted by molar-refractivity contribution is -0.113. The van der Waals surface area contributed by atoms with Gasteiger partial charge >= 0.3 is 0 Å². The molecule has 0 aromatic rings. The van der Waals surface area contributed by atoms with E-state index in [2.05, 4.69) is 19.1 Å². The first kappa shape index (κ1) is 20.4. The van der Waals surface area contributed by atoms with Gasteiger partial charge in [0.25, 0.3) is 0 Å². The Balaban J connectivity index is 3.35. The van der Waals surface area contributed by atoms with Gasteiger partial charge in [0.1, 0.15) is 0 Å². The third kappa shape index (κ3) is 18.4. The van der Waals surface area contributed by atoms with Crippen molar-refractivity contribution in [3.63, 3.8) is 0 Å². The lowest BCUT2D eigenvalue weighted by Gasteiger charge is -2.00. The quantitative estimate of drug-likeness (QED) is 0.253. The minimum Gasteiger partial charge on any atom is -0.366 e. The number of nitrogens with two attached hydrogens (primary N) is 1. The molecule has 0 aromatic heterocycles. The van der Waals surface area contributed by atoms with Crippen LogP contribution < -0.4 is 5.73 Å². The molecular weight excluding hydrogens is 270 g/mol. The van der Waals surface area contributed by atoms with Gasteiger partial charge in [-0.25, -0.2) is 0 Å². The van der Waals surface area contributed by atoms with Gasteiger partial charge in [-0.1, -0.05) is 101 Å². The number of carbonyl (C=O) groups excluding carboxylic acids is 1. The van der Waals surface area contributed by atoms with Crippen LogP contribution in [0.3, 0.4) is 0 Å². The van der Waals surface area contributed by atoms with Gasteiger partial charge in [-0.2, -0.15) is 0 Å². The average Bonchev–Trinajstić information content (AvgIpc) is 2.50. The number of hydrogen-bond acceptors (Lipinski definition) is 1. The molecule has 2 nitrogen and oxygen atoms in total. The van der Waals surface area contributed by atoms with Crippen LogP contribution in [0, 0.1) is 0 Å². The molecule has 0 heterocycles. The van der Waals surface area contributed by atoms with Crippen molar-refractivity contribution in [3.05, 3.63) is 48.6 Å². The fraction of sp³-hybridized carbons (Fsp3) is 0.550. The predicted molar refractivity (Wildman–Crippen MR) is 97.6 cm³/mol. The van der Waals surface area contributed by atoms with Gasteiger partial charge in [-0.3, -0.25) is 4.79 Å². The van der Waals surface area contributed by atoms with Crippen molar-refractivity contribution < 1.29 is 4.79 Å². The van der Waals surface area contributed by atoms with Crippen LogP contribution in [0.4, 0.5) is 0 Å². The zero-order valence-electron chi connectivity index (χ0n) is 14.2. The topological polar surface area (TPSA) is 43.1 Å². The van der Waals surface area contributed by atoms with Gasteiger partial charge < -0.3 is 5.73 Å². The lowest BCUT2D eigenvalue weighted by Crippen LogP contribution is -2.04. The molecule has 0 aromatic carbocycles. The smallest absolute Gasteiger partial charge is 0.241 e. The minimum absolute atomic E-state index is 0.422. The van der Waals surface area contributed by atoms with E-state index in [0.717, 1.165) is 6.42 Å². The van der Waals surface area contributed by atoms with Gasteiger partial charge in [0.15, 0.2) is 0 Å². The van der Waals surface area contributed by atoms with Gasteiger partial charge in [-0.15, -0.1) is 0 Å². The molecule has 0 radical (unpaired) electrons. The van der Waals surface area contributed by atoms with Crippen molar-refractivity contribution in [3.8, 4) is 0 Å². The third-order valence-corrected chi connectivity index (χ3v) is 3.43. The molecule has 0 aliphatic heterocycles. The molecule has 0 fully saturated rings. The zero-order chi connectivity index (χ0) is 16.3. The van der Waals surface area contributed by atoms with E-state index >= 15 is 0 Å². The molecule has 22 heavy (non-hydrogen) atoms. The number of amides is 1. The van der Waals surface area contributed by atoms with Crippen LogP contribution in [0.2, 0.25) is 0 Å². The average molecular weight is 303 g/mol. The molecule has 0 atom stereocenters. The van der Waals surface area contributed by atoms with E-state index in [9.17, 15) is 4.79 Å². The molecular formula is C20H33NO. The number of allylic oxidation sites excluding steroid dienone is 7. The highest BCUT2D eigenvalue weighted by atomic mass is 16.1. The van der Waals surface area contributed by atoms with Crippen LogP contribution in [0.5, 0.6) is 0 Å². The van der Waals surface area contributed by atoms with E-state index in [1.807, 2.05) is 18.2 Å². The first-order valence-corrected chi connectivity index (χ1v) is 8.73. The summed E-state index contributed by atoms with van der Waals surface area (Å²) in [7, 11) is 0. The van der Waals surface area contributed by atoms with Crippen molar-refractivity contribution >= 4 is 5.91 Å². The van der Waals surface area contributed by atoms with E-state index < -0.39 is 5.91 Å². The molecule has 0 rings (SSSR count). The van der Waals surface area contributed by atoms with Gasteiger partial charge in [-0.05, 0) is 12.8 Å². The van der Waals surface area contributed by atoms with E-state index in [-0.39, 0.29) is 0 Å². The molecule has 0 aliphatic carbocycles. The standard InChI is InChI=1S/C20H33NO/c1-2-3-4-5-6-7-8-9-10-11-12-13-14-15-16-17-18-19-20(21)22/h12-19H,2-11H2,1H3,(H2,21,22)/b13-12-,15-14+,17-16+,19-18+. The Labute approximate surface area is 136 Å². The maximum absolute atomic E-state index is 10.4. The Kier molecular flexibility index (Phi) is 16.2. The zero-order valence-corrected chi connectivity index (χ0v) is 14.2. The van der Waals surface area contributed by atoms with Crippen LogP contribution in [0.15, 0.2) is 48.6 Å². The highest BCUT2D eigenvalue weighted by molar-refractivity contribution is 5.85. The molecule has 0 aliphatic rings. The van der Waals surface area contributed by atoms with Crippen LogP contribution in [-0.2, 0) is 4.79 Å². The van der Waals surface area contributed by atoms with Crippen molar-refractivity contribution in [1.29, 1.82) is 0 Å².